The Bertz CT molecular complexity index is 1050. The van der Waals surface area contributed by atoms with Gasteiger partial charge in [-0.05, 0) is 60.0 Å². The first kappa shape index (κ1) is 16.2. The van der Waals surface area contributed by atoms with Gasteiger partial charge in [-0.15, -0.1) is 0 Å². The molecule has 3 aromatic carbocycles. The van der Waals surface area contributed by atoms with Gasteiger partial charge in [0, 0.05) is 16.5 Å². The zero-order valence-corrected chi connectivity index (χ0v) is 14.5. The van der Waals surface area contributed by atoms with E-state index in [1.54, 1.807) is 0 Å². The fourth-order valence-corrected chi connectivity index (χ4v) is 3.26. The third kappa shape index (κ3) is 2.88. The fourth-order valence-electron chi connectivity index (χ4n) is 3.26. The van der Waals surface area contributed by atoms with E-state index >= 15 is 0 Å². The van der Waals surface area contributed by atoms with Gasteiger partial charge < -0.3 is 9.72 Å². The molecule has 26 heavy (non-hydrogen) atoms. The molecule has 0 radical (unpaired) electrons. The van der Waals surface area contributed by atoms with Gasteiger partial charge in [0.1, 0.15) is 5.75 Å². The molecule has 0 bridgehead atoms. The minimum atomic E-state index is 0.633. The van der Waals surface area contributed by atoms with Crippen LogP contribution in [-0.4, -0.2) is 17.9 Å². The van der Waals surface area contributed by atoms with E-state index in [2.05, 4.69) is 29.2 Å². The van der Waals surface area contributed by atoms with Gasteiger partial charge in [0.15, 0.2) is 6.29 Å². The van der Waals surface area contributed by atoms with Crippen LogP contribution in [0.15, 0.2) is 72.8 Å². The highest BCUT2D eigenvalue weighted by Gasteiger charge is 2.13. The predicted octanol–water partition coefficient (Wildman–Crippen LogP) is 5.71. The van der Waals surface area contributed by atoms with Crippen molar-refractivity contribution in [1.82, 2.24) is 4.98 Å². The molecule has 0 atom stereocenters. The number of carbonyl (C=O) groups is 1. The molecule has 0 aliphatic carbocycles. The Kier molecular flexibility index (Phi) is 4.28. The Hall–Kier alpha value is -3.33. The van der Waals surface area contributed by atoms with Crippen LogP contribution in [0.25, 0.3) is 33.3 Å². The van der Waals surface area contributed by atoms with Gasteiger partial charge in [-0.3, -0.25) is 4.79 Å². The van der Waals surface area contributed by atoms with Crippen LogP contribution >= 0.6 is 0 Å². The van der Waals surface area contributed by atoms with E-state index in [0.29, 0.717) is 12.2 Å². The molecule has 1 aromatic heterocycles. The number of aldehydes is 1. The maximum absolute atomic E-state index is 11.8. The summed E-state index contributed by atoms with van der Waals surface area (Å²) in [6.07, 6.45) is 0.930. The minimum absolute atomic E-state index is 0.633. The summed E-state index contributed by atoms with van der Waals surface area (Å²) in [5, 5.41) is 0.935. The lowest BCUT2D eigenvalue weighted by Gasteiger charge is -2.04. The summed E-state index contributed by atoms with van der Waals surface area (Å²) < 4.78 is 5.50. The molecular weight excluding hydrogens is 322 g/mol. The highest BCUT2D eigenvalue weighted by Crippen LogP contribution is 2.33. The highest BCUT2D eigenvalue weighted by atomic mass is 16.5. The van der Waals surface area contributed by atoms with Crippen LogP contribution in [0, 0.1) is 0 Å². The second kappa shape index (κ2) is 6.89. The van der Waals surface area contributed by atoms with Crippen LogP contribution in [0.3, 0.4) is 0 Å². The SMILES string of the molecule is CCOc1ccc(-c2[nH]c3ccc(-c4ccccc4)cc3c2C=O)cc1. The Morgan fingerprint density at radius 2 is 1.62 bits per heavy atom. The van der Waals surface area contributed by atoms with Crippen LogP contribution in [0.1, 0.15) is 17.3 Å². The number of nitrogens with one attached hydrogen (secondary N) is 1. The molecule has 128 valence electrons. The maximum atomic E-state index is 11.8. The highest BCUT2D eigenvalue weighted by molar-refractivity contribution is 6.05. The Morgan fingerprint density at radius 1 is 0.885 bits per heavy atom. The number of benzene rings is 3. The molecule has 1 heterocycles. The number of rotatable bonds is 5. The quantitative estimate of drug-likeness (QED) is 0.472. The van der Waals surface area contributed by atoms with Crippen molar-refractivity contribution >= 4 is 17.2 Å². The normalized spacial score (nSPS) is 10.8. The van der Waals surface area contributed by atoms with E-state index in [1.807, 2.05) is 55.5 Å². The summed E-state index contributed by atoms with van der Waals surface area (Å²) in [6, 6.07) is 24.1. The Labute approximate surface area is 152 Å². The molecule has 3 nitrogen and oxygen atoms in total. The number of carbonyl (C=O) groups excluding carboxylic acids is 1. The lowest BCUT2D eigenvalue weighted by molar-refractivity contribution is 0.112. The van der Waals surface area contributed by atoms with Crippen molar-refractivity contribution in [1.29, 1.82) is 0 Å². The van der Waals surface area contributed by atoms with Crippen LogP contribution in [-0.2, 0) is 0 Å². The molecule has 0 unspecified atom stereocenters. The molecule has 3 heteroatoms. The van der Waals surface area contributed by atoms with Crippen molar-refractivity contribution in [2.75, 3.05) is 6.61 Å². The van der Waals surface area contributed by atoms with Crippen LogP contribution in [0.4, 0.5) is 0 Å². The number of aromatic amines is 1. The van der Waals surface area contributed by atoms with Crippen LogP contribution in [0.5, 0.6) is 5.75 Å². The van der Waals surface area contributed by atoms with Gasteiger partial charge in [0.05, 0.1) is 12.3 Å². The molecular formula is C23H19NO2. The molecule has 4 aromatic rings. The number of ether oxygens (including phenoxy) is 1. The van der Waals surface area contributed by atoms with Crippen molar-refractivity contribution in [3.05, 3.63) is 78.4 Å². The molecule has 0 aliphatic rings. The van der Waals surface area contributed by atoms with E-state index in [1.165, 1.54) is 0 Å². The number of fused-ring (bicyclic) bond motifs is 1. The monoisotopic (exact) mass is 341 g/mol. The molecule has 1 N–H and O–H groups in total. The second-order valence-corrected chi connectivity index (χ2v) is 6.12. The standard InChI is InChI=1S/C23H19NO2/c1-2-26-19-11-8-17(9-12-19)23-21(15-25)20-14-18(10-13-22(20)24-23)16-6-4-3-5-7-16/h3-15,24H,2H2,1H3. The molecule has 0 aliphatic heterocycles. The summed E-state index contributed by atoms with van der Waals surface area (Å²) in [4.78, 5) is 15.2. The average molecular weight is 341 g/mol. The van der Waals surface area contributed by atoms with Gasteiger partial charge in [0.25, 0.3) is 0 Å². The Morgan fingerprint density at radius 3 is 2.31 bits per heavy atom. The first-order chi connectivity index (χ1) is 12.8. The molecule has 4 rings (SSSR count). The summed E-state index contributed by atoms with van der Waals surface area (Å²) in [5.41, 5.74) is 5.67. The van der Waals surface area contributed by atoms with Crippen molar-refractivity contribution in [3.8, 4) is 28.1 Å². The van der Waals surface area contributed by atoms with Crippen molar-refractivity contribution < 1.29 is 9.53 Å². The summed E-state index contributed by atoms with van der Waals surface area (Å²) in [6.45, 7) is 2.59. The maximum Gasteiger partial charge on any atom is 0.152 e. The van der Waals surface area contributed by atoms with Gasteiger partial charge in [-0.2, -0.15) is 0 Å². The number of H-pyrrole nitrogens is 1. The van der Waals surface area contributed by atoms with Crippen LogP contribution in [0.2, 0.25) is 0 Å². The number of hydrogen-bond donors (Lipinski definition) is 1. The molecule has 0 saturated heterocycles. The molecule has 0 fully saturated rings. The van der Waals surface area contributed by atoms with Gasteiger partial charge in [-0.1, -0.05) is 36.4 Å². The van der Waals surface area contributed by atoms with Crippen molar-refractivity contribution in [2.45, 2.75) is 6.92 Å². The van der Waals surface area contributed by atoms with Gasteiger partial charge >= 0.3 is 0 Å². The summed E-state index contributed by atoms with van der Waals surface area (Å²) >= 11 is 0. The summed E-state index contributed by atoms with van der Waals surface area (Å²) in [7, 11) is 0. The summed E-state index contributed by atoms with van der Waals surface area (Å²) in [5.74, 6) is 0.825. The predicted molar refractivity (Wildman–Crippen MR) is 106 cm³/mol. The Balaban J connectivity index is 1.82. The first-order valence-corrected chi connectivity index (χ1v) is 8.69. The van der Waals surface area contributed by atoms with Gasteiger partial charge in [0.2, 0.25) is 0 Å². The smallest absolute Gasteiger partial charge is 0.152 e. The topological polar surface area (TPSA) is 42.1 Å². The van der Waals surface area contributed by atoms with E-state index in [4.69, 9.17) is 4.74 Å². The average Bonchev–Trinajstić information content (AvgIpc) is 3.07. The molecule has 0 spiro atoms. The number of aromatic nitrogens is 1. The van der Waals surface area contributed by atoms with E-state index < -0.39 is 0 Å². The third-order valence-corrected chi connectivity index (χ3v) is 4.52. The lowest BCUT2D eigenvalue weighted by atomic mass is 10.0. The lowest BCUT2D eigenvalue weighted by Crippen LogP contribution is -1.91. The zero-order valence-electron chi connectivity index (χ0n) is 14.5. The molecule has 0 saturated carbocycles. The van der Waals surface area contributed by atoms with E-state index in [0.717, 1.165) is 45.3 Å². The van der Waals surface area contributed by atoms with Crippen LogP contribution < -0.4 is 4.74 Å². The van der Waals surface area contributed by atoms with Gasteiger partial charge in [-0.25, -0.2) is 0 Å². The van der Waals surface area contributed by atoms with E-state index in [9.17, 15) is 4.79 Å². The number of hydrogen-bond acceptors (Lipinski definition) is 2. The second-order valence-electron chi connectivity index (χ2n) is 6.12. The van der Waals surface area contributed by atoms with Crippen molar-refractivity contribution in [2.24, 2.45) is 0 Å². The molecule has 0 amide bonds. The van der Waals surface area contributed by atoms with E-state index in [-0.39, 0.29) is 0 Å². The third-order valence-electron chi connectivity index (χ3n) is 4.52. The minimum Gasteiger partial charge on any atom is -0.494 e. The zero-order chi connectivity index (χ0) is 17.9. The first-order valence-electron chi connectivity index (χ1n) is 8.69. The fraction of sp³-hybridized carbons (Fsp3) is 0.0870. The largest absolute Gasteiger partial charge is 0.494 e. The van der Waals surface area contributed by atoms with Crippen molar-refractivity contribution in [3.63, 3.8) is 0 Å².